The van der Waals surface area contributed by atoms with Crippen molar-refractivity contribution in [3.63, 3.8) is 0 Å². The number of piperidine rings is 1. The van der Waals surface area contributed by atoms with E-state index in [9.17, 15) is 4.79 Å². The predicted octanol–water partition coefficient (Wildman–Crippen LogP) is 5.56. The Hall–Kier alpha value is -2.05. The third-order valence-corrected chi connectivity index (χ3v) is 6.94. The van der Waals surface area contributed by atoms with Gasteiger partial charge in [-0.2, -0.15) is 0 Å². The average molecular weight is 458 g/mol. The molecule has 1 saturated heterocycles. The first-order valence-electron chi connectivity index (χ1n) is 12.8. The first-order valence-corrected chi connectivity index (χ1v) is 12.8. The zero-order valence-corrected chi connectivity index (χ0v) is 21.3. The molecule has 1 aliphatic heterocycles. The van der Waals surface area contributed by atoms with Crippen LogP contribution in [-0.4, -0.2) is 73.4 Å². The minimum atomic E-state index is -0.268. The van der Waals surface area contributed by atoms with Gasteiger partial charge in [-0.15, -0.1) is 0 Å². The van der Waals surface area contributed by atoms with Crippen molar-refractivity contribution in [3.8, 4) is 5.75 Å². The summed E-state index contributed by atoms with van der Waals surface area (Å²) in [5.41, 5.74) is 2.03. The van der Waals surface area contributed by atoms with Gasteiger partial charge in [0.25, 0.3) is 0 Å². The lowest BCUT2D eigenvalue weighted by Gasteiger charge is -2.38. The maximum atomic E-state index is 13.1. The largest absolute Gasteiger partial charge is 0.497 e. The van der Waals surface area contributed by atoms with Crippen molar-refractivity contribution in [2.24, 2.45) is 0 Å². The number of methoxy groups -OCH3 is 1. The van der Waals surface area contributed by atoms with Crippen LogP contribution in [0.5, 0.6) is 5.75 Å². The SMILES string of the molecule is CC.COc1ccc2c(CCN(C)C)cn(C(=O)OC3CCC(N4CCCCC4)CC3)c2c1. The van der Waals surface area contributed by atoms with Crippen molar-refractivity contribution in [2.75, 3.05) is 40.8 Å². The zero-order chi connectivity index (χ0) is 23.8. The molecule has 0 atom stereocenters. The van der Waals surface area contributed by atoms with Crippen LogP contribution >= 0.6 is 0 Å². The highest BCUT2D eigenvalue weighted by Crippen LogP contribution is 2.30. The maximum absolute atomic E-state index is 13.1. The summed E-state index contributed by atoms with van der Waals surface area (Å²) in [6.45, 7) is 7.41. The number of rotatable bonds is 6. The van der Waals surface area contributed by atoms with Gasteiger partial charge in [-0.05, 0) is 89.8 Å². The lowest BCUT2D eigenvalue weighted by molar-refractivity contribution is 0.0439. The quantitative estimate of drug-likeness (QED) is 0.568. The van der Waals surface area contributed by atoms with Crippen LogP contribution in [0.4, 0.5) is 4.79 Å². The Bertz CT molecular complexity index is 878. The van der Waals surface area contributed by atoms with Crippen molar-refractivity contribution in [3.05, 3.63) is 30.0 Å². The monoisotopic (exact) mass is 457 g/mol. The molecular weight excluding hydrogens is 414 g/mol. The zero-order valence-electron chi connectivity index (χ0n) is 21.3. The molecular formula is C27H43N3O3. The summed E-state index contributed by atoms with van der Waals surface area (Å²) < 4.78 is 13.1. The normalized spacial score (nSPS) is 21.5. The van der Waals surface area contributed by atoms with Crippen LogP contribution in [0, 0.1) is 0 Å². The van der Waals surface area contributed by atoms with E-state index in [2.05, 4.69) is 23.9 Å². The van der Waals surface area contributed by atoms with E-state index in [0.29, 0.717) is 6.04 Å². The molecule has 1 aromatic heterocycles. The number of carbonyl (C=O) groups excluding carboxylic acids is 1. The number of carbonyl (C=O) groups is 1. The molecule has 1 aromatic carbocycles. The molecule has 1 saturated carbocycles. The molecule has 6 nitrogen and oxygen atoms in total. The molecule has 1 aliphatic carbocycles. The molecule has 184 valence electrons. The van der Waals surface area contributed by atoms with Crippen molar-refractivity contribution < 1.29 is 14.3 Å². The third kappa shape index (κ3) is 6.51. The summed E-state index contributed by atoms with van der Waals surface area (Å²) in [5.74, 6) is 0.751. The van der Waals surface area contributed by atoms with Gasteiger partial charge in [-0.3, -0.25) is 4.57 Å². The number of likely N-dealkylation sites (N-methyl/N-ethyl adjacent to an activating group) is 1. The van der Waals surface area contributed by atoms with E-state index in [-0.39, 0.29) is 12.2 Å². The molecule has 2 aliphatic rings. The second-order valence-corrected chi connectivity index (χ2v) is 9.37. The van der Waals surface area contributed by atoms with E-state index < -0.39 is 0 Å². The second kappa shape index (κ2) is 12.4. The number of fused-ring (bicyclic) bond motifs is 1. The molecule has 0 unspecified atom stereocenters. The van der Waals surface area contributed by atoms with Crippen LogP contribution in [0.25, 0.3) is 10.9 Å². The Labute approximate surface area is 199 Å². The summed E-state index contributed by atoms with van der Waals surface area (Å²) in [5, 5.41) is 1.09. The van der Waals surface area contributed by atoms with E-state index in [4.69, 9.17) is 9.47 Å². The molecule has 0 spiro atoms. The van der Waals surface area contributed by atoms with Gasteiger partial charge in [0.05, 0.1) is 12.6 Å². The Morgan fingerprint density at radius 3 is 2.39 bits per heavy atom. The van der Waals surface area contributed by atoms with Gasteiger partial charge >= 0.3 is 6.09 Å². The standard InChI is InChI=1S/C25H37N3O3.C2H6/c1-26(2)16-13-19-18-28(24-17-22(30-3)11-12-23(19)24)25(29)31-21-9-7-20(8-10-21)27-14-5-4-6-15-27;1-2/h11-12,17-18,20-21H,4-10,13-16H2,1-3H3;1-2H3. The minimum Gasteiger partial charge on any atom is -0.497 e. The molecule has 6 heteroatoms. The molecule has 2 aromatic rings. The van der Waals surface area contributed by atoms with Crippen molar-refractivity contribution in [2.45, 2.75) is 77.4 Å². The van der Waals surface area contributed by atoms with Crippen LogP contribution in [0.3, 0.4) is 0 Å². The third-order valence-electron chi connectivity index (χ3n) is 6.94. The van der Waals surface area contributed by atoms with Gasteiger partial charge in [0, 0.05) is 30.2 Å². The molecule has 33 heavy (non-hydrogen) atoms. The van der Waals surface area contributed by atoms with Crippen molar-refractivity contribution >= 4 is 17.0 Å². The van der Waals surface area contributed by atoms with Gasteiger partial charge in [0.2, 0.25) is 0 Å². The highest BCUT2D eigenvalue weighted by atomic mass is 16.6. The number of ether oxygens (including phenoxy) is 2. The van der Waals surface area contributed by atoms with Crippen LogP contribution in [-0.2, 0) is 11.2 Å². The summed E-state index contributed by atoms with van der Waals surface area (Å²) in [4.78, 5) is 18.0. The highest BCUT2D eigenvalue weighted by molar-refractivity contribution is 5.92. The van der Waals surface area contributed by atoms with Gasteiger partial charge in [-0.1, -0.05) is 20.3 Å². The summed E-state index contributed by atoms with van der Waals surface area (Å²) in [6, 6.07) is 6.61. The number of nitrogens with zero attached hydrogens (tertiary/aromatic N) is 3. The summed E-state index contributed by atoms with van der Waals surface area (Å²) in [6.07, 6.45) is 10.8. The van der Waals surface area contributed by atoms with E-state index in [1.807, 2.05) is 38.2 Å². The first-order chi connectivity index (χ1) is 16.0. The maximum Gasteiger partial charge on any atom is 0.418 e. The van der Waals surface area contributed by atoms with E-state index in [0.717, 1.165) is 60.9 Å². The molecule has 4 rings (SSSR count). The highest BCUT2D eigenvalue weighted by Gasteiger charge is 2.29. The Morgan fingerprint density at radius 2 is 1.76 bits per heavy atom. The van der Waals surface area contributed by atoms with Crippen LogP contribution < -0.4 is 4.74 Å². The molecule has 0 radical (unpaired) electrons. The molecule has 2 fully saturated rings. The van der Waals surface area contributed by atoms with E-state index in [1.54, 1.807) is 11.7 Å². The molecule has 0 bridgehead atoms. The van der Waals surface area contributed by atoms with Crippen LogP contribution in [0.15, 0.2) is 24.4 Å². The lowest BCUT2D eigenvalue weighted by atomic mass is 9.90. The number of likely N-dealkylation sites (tertiary alicyclic amines) is 1. The topological polar surface area (TPSA) is 46.9 Å². The predicted molar refractivity (Wildman–Crippen MR) is 135 cm³/mol. The Morgan fingerprint density at radius 1 is 1.06 bits per heavy atom. The summed E-state index contributed by atoms with van der Waals surface area (Å²) >= 11 is 0. The smallest absolute Gasteiger partial charge is 0.418 e. The first kappa shape index (κ1) is 25.6. The van der Waals surface area contributed by atoms with Gasteiger partial charge < -0.3 is 19.3 Å². The fourth-order valence-corrected chi connectivity index (χ4v) is 5.11. The number of benzene rings is 1. The van der Waals surface area contributed by atoms with Gasteiger partial charge in [0.1, 0.15) is 11.9 Å². The van der Waals surface area contributed by atoms with Gasteiger partial charge in [-0.25, -0.2) is 4.79 Å². The molecule has 0 amide bonds. The fraction of sp³-hybridized carbons (Fsp3) is 0.667. The lowest BCUT2D eigenvalue weighted by Crippen LogP contribution is -2.42. The number of hydrogen-bond acceptors (Lipinski definition) is 5. The number of hydrogen-bond donors (Lipinski definition) is 0. The minimum absolute atomic E-state index is 0.0156. The Balaban J connectivity index is 0.00000149. The second-order valence-electron chi connectivity index (χ2n) is 9.37. The van der Waals surface area contributed by atoms with E-state index in [1.165, 1.54) is 32.4 Å². The van der Waals surface area contributed by atoms with Gasteiger partial charge in [0.15, 0.2) is 0 Å². The van der Waals surface area contributed by atoms with Crippen LogP contribution in [0.2, 0.25) is 0 Å². The molecule has 0 N–H and O–H groups in total. The van der Waals surface area contributed by atoms with Crippen molar-refractivity contribution in [1.82, 2.24) is 14.4 Å². The number of aromatic nitrogens is 1. The molecule has 2 heterocycles. The van der Waals surface area contributed by atoms with Crippen molar-refractivity contribution in [1.29, 1.82) is 0 Å². The van der Waals surface area contributed by atoms with E-state index >= 15 is 0 Å². The fourth-order valence-electron chi connectivity index (χ4n) is 5.11. The Kier molecular flexibility index (Phi) is 9.63. The average Bonchev–Trinajstić information content (AvgIpc) is 3.23. The summed E-state index contributed by atoms with van der Waals surface area (Å²) in [7, 11) is 5.79. The van der Waals surface area contributed by atoms with Crippen LogP contribution in [0.1, 0.15) is 64.4 Å².